The molecule has 0 unspecified atom stereocenters. The number of ether oxygens (including phenoxy) is 1. The highest BCUT2D eigenvalue weighted by atomic mass is 16.5. The molecular formula is C4H8O2. The quantitative estimate of drug-likeness (QED) is 0.511. The van der Waals surface area contributed by atoms with Crippen LogP contribution in [0.1, 0.15) is 6.92 Å². The van der Waals surface area contributed by atoms with Crippen LogP contribution in [-0.4, -0.2) is 11.7 Å². The van der Waals surface area contributed by atoms with Gasteiger partial charge in [0, 0.05) is 0 Å². The molecule has 2 heteroatoms. The van der Waals surface area contributed by atoms with Crippen LogP contribution in [-0.2, 0) is 4.74 Å². The largest absolute Gasteiger partial charge is 0.512 e. The van der Waals surface area contributed by atoms with Gasteiger partial charge in [0.05, 0.1) is 6.61 Å². The predicted octanol–water partition coefficient (Wildman–Crippen LogP) is 1.05. The summed E-state index contributed by atoms with van der Waals surface area (Å²) in [5, 5.41) is 7.89. The normalized spacial score (nSPS) is 9.50. The van der Waals surface area contributed by atoms with Crippen molar-refractivity contribution >= 4 is 0 Å². The van der Waals surface area contributed by atoms with E-state index in [0.717, 1.165) is 6.26 Å². The maximum atomic E-state index is 7.89. The molecule has 6 heavy (non-hydrogen) atoms. The maximum absolute atomic E-state index is 7.89. The van der Waals surface area contributed by atoms with Crippen LogP contribution >= 0.6 is 0 Å². The van der Waals surface area contributed by atoms with Gasteiger partial charge in [-0.25, -0.2) is 0 Å². The zero-order chi connectivity index (χ0) is 4.83. The van der Waals surface area contributed by atoms with Gasteiger partial charge in [-0.3, -0.25) is 0 Å². The standard InChI is InChI=1S/C4H8O2/c1-2-6-4-3-5/h3-5H,2H2,1H3/b4-3-. The second-order valence-electron chi connectivity index (χ2n) is 0.740. The predicted molar refractivity (Wildman–Crippen MR) is 23.4 cm³/mol. The average molecular weight is 88.1 g/mol. The van der Waals surface area contributed by atoms with E-state index in [4.69, 9.17) is 5.11 Å². The Hall–Kier alpha value is -0.660. The Kier molecular flexibility index (Phi) is 3.86. The van der Waals surface area contributed by atoms with Crippen molar-refractivity contribution in [1.29, 1.82) is 0 Å². The summed E-state index contributed by atoms with van der Waals surface area (Å²) < 4.78 is 4.55. The molecule has 0 aliphatic carbocycles. The monoisotopic (exact) mass is 88.1 g/mol. The van der Waals surface area contributed by atoms with Gasteiger partial charge in [0.15, 0.2) is 0 Å². The highest BCUT2D eigenvalue weighted by Gasteiger charge is 1.61. The zero-order valence-electron chi connectivity index (χ0n) is 3.72. The summed E-state index contributed by atoms with van der Waals surface area (Å²) in [5.74, 6) is 0. The van der Waals surface area contributed by atoms with Crippen LogP contribution < -0.4 is 0 Å². The fourth-order valence-corrected chi connectivity index (χ4v) is 0.139. The minimum atomic E-state index is 0.608. The van der Waals surface area contributed by atoms with E-state index in [1.807, 2.05) is 6.92 Å². The van der Waals surface area contributed by atoms with E-state index in [-0.39, 0.29) is 0 Å². The van der Waals surface area contributed by atoms with Gasteiger partial charge in [-0.05, 0) is 6.92 Å². The lowest BCUT2D eigenvalue weighted by Gasteiger charge is -1.85. The molecule has 0 saturated heterocycles. The van der Waals surface area contributed by atoms with Crippen LogP contribution in [0.5, 0.6) is 0 Å². The summed E-state index contributed by atoms with van der Waals surface area (Å²) in [7, 11) is 0. The third-order valence-electron chi connectivity index (χ3n) is 0.324. The number of aliphatic hydroxyl groups excluding tert-OH is 1. The number of hydrogen-bond acceptors (Lipinski definition) is 2. The van der Waals surface area contributed by atoms with Gasteiger partial charge in [-0.1, -0.05) is 0 Å². The van der Waals surface area contributed by atoms with E-state index in [9.17, 15) is 0 Å². The minimum absolute atomic E-state index is 0.608. The van der Waals surface area contributed by atoms with Crippen molar-refractivity contribution < 1.29 is 9.84 Å². The molecule has 0 heterocycles. The highest BCUT2D eigenvalue weighted by Crippen LogP contribution is 1.69. The SMILES string of the molecule is CCO/C=C\O. The third-order valence-corrected chi connectivity index (χ3v) is 0.324. The number of hydrogen-bond donors (Lipinski definition) is 1. The van der Waals surface area contributed by atoms with Crippen LogP contribution in [0, 0.1) is 0 Å². The van der Waals surface area contributed by atoms with Gasteiger partial charge >= 0.3 is 0 Å². The lowest BCUT2D eigenvalue weighted by molar-refractivity contribution is 0.256. The Morgan fingerprint density at radius 3 is 2.67 bits per heavy atom. The molecule has 36 valence electrons. The number of aliphatic hydroxyl groups is 1. The van der Waals surface area contributed by atoms with Crippen molar-refractivity contribution in [1.82, 2.24) is 0 Å². The number of rotatable bonds is 2. The summed E-state index contributed by atoms with van der Waals surface area (Å²) >= 11 is 0. The zero-order valence-corrected chi connectivity index (χ0v) is 3.72. The minimum Gasteiger partial charge on any atom is -0.512 e. The first-order chi connectivity index (χ1) is 2.91. The smallest absolute Gasteiger partial charge is 0.117 e. The molecule has 0 fully saturated rings. The summed E-state index contributed by atoms with van der Waals surface area (Å²) in [5.41, 5.74) is 0. The van der Waals surface area contributed by atoms with Gasteiger partial charge < -0.3 is 9.84 Å². The second kappa shape index (κ2) is 4.34. The molecule has 0 rings (SSSR count). The molecule has 0 saturated carbocycles. The maximum Gasteiger partial charge on any atom is 0.117 e. The van der Waals surface area contributed by atoms with E-state index in [1.54, 1.807) is 0 Å². The molecule has 0 aliphatic rings. The molecule has 0 aliphatic heterocycles. The second-order valence-corrected chi connectivity index (χ2v) is 0.740. The molecule has 0 amide bonds. The summed E-state index contributed by atoms with van der Waals surface area (Å²) in [4.78, 5) is 0. The Labute approximate surface area is 37.1 Å². The van der Waals surface area contributed by atoms with Crippen molar-refractivity contribution in [3.05, 3.63) is 12.5 Å². The first-order valence-corrected chi connectivity index (χ1v) is 1.82. The molecule has 1 N–H and O–H groups in total. The third kappa shape index (κ3) is 3.34. The molecule has 0 spiro atoms. The van der Waals surface area contributed by atoms with Gasteiger partial charge in [-0.2, -0.15) is 0 Å². The van der Waals surface area contributed by atoms with Crippen molar-refractivity contribution in [3.8, 4) is 0 Å². The van der Waals surface area contributed by atoms with Crippen molar-refractivity contribution in [2.24, 2.45) is 0 Å². The van der Waals surface area contributed by atoms with E-state index in [2.05, 4.69) is 4.74 Å². The summed E-state index contributed by atoms with van der Waals surface area (Å²) in [6.45, 7) is 2.46. The average Bonchev–Trinajstić information content (AvgIpc) is 1.61. The fourth-order valence-electron chi connectivity index (χ4n) is 0.139. The van der Waals surface area contributed by atoms with E-state index in [0.29, 0.717) is 6.61 Å². The molecule has 0 bridgehead atoms. The lowest BCUT2D eigenvalue weighted by Crippen LogP contribution is -1.74. The first kappa shape index (κ1) is 5.34. The topological polar surface area (TPSA) is 29.5 Å². The Morgan fingerprint density at radius 2 is 2.50 bits per heavy atom. The van der Waals surface area contributed by atoms with E-state index >= 15 is 0 Å². The fraction of sp³-hybridized carbons (Fsp3) is 0.500. The van der Waals surface area contributed by atoms with Gasteiger partial charge in [-0.15, -0.1) is 0 Å². The van der Waals surface area contributed by atoms with Crippen LogP contribution in [0.25, 0.3) is 0 Å². The lowest BCUT2D eigenvalue weighted by atomic mass is 10.9. The molecule has 0 aromatic carbocycles. The van der Waals surface area contributed by atoms with Crippen LogP contribution in [0.2, 0.25) is 0 Å². The van der Waals surface area contributed by atoms with Crippen molar-refractivity contribution in [2.45, 2.75) is 6.92 Å². The van der Waals surface area contributed by atoms with Gasteiger partial charge in [0.1, 0.15) is 12.5 Å². The van der Waals surface area contributed by atoms with Crippen LogP contribution in [0.15, 0.2) is 12.5 Å². The molecule has 2 nitrogen and oxygen atoms in total. The van der Waals surface area contributed by atoms with Crippen LogP contribution in [0.4, 0.5) is 0 Å². The molecule has 0 radical (unpaired) electrons. The molecular weight excluding hydrogens is 80.0 g/mol. The van der Waals surface area contributed by atoms with E-state index < -0.39 is 0 Å². The summed E-state index contributed by atoms with van der Waals surface area (Å²) in [6, 6.07) is 0. The first-order valence-electron chi connectivity index (χ1n) is 1.82. The Bertz CT molecular complexity index is 40.8. The van der Waals surface area contributed by atoms with Gasteiger partial charge in [0.25, 0.3) is 0 Å². The Morgan fingerprint density at radius 1 is 1.83 bits per heavy atom. The molecule has 0 atom stereocenters. The van der Waals surface area contributed by atoms with Gasteiger partial charge in [0.2, 0.25) is 0 Å². The van der Waals surface area contributed by atoms with Crippen molar-refractivity contribution in [2.75, 3.05) is 6.61 Å². The van der Waals surface area contributed by atoms with Crippen molar-refractivity contribution in [3.63, 3.8) is 0 Å². The Balaban J connectivity index is 2.66. The summed E-state index contributed by atoms with van der Waals surface area (Å²) in [6.07, 6.45) is 2.10. The van der Waals surface area contributed by atoms with Crippen LogP contribution in [0.3, 0.4) is 0 Å². The molecule has 0 aromatic rings. The van der Waals surface area contributed by atoms with E-state index in [1.165, 1.54) is 6.26 Å². The molecule has 0 aromatic heterocycles. The highest BCUT2D eigenvalue weighted by molar-refractivity contribution is 4.54.